The van der Waals surface area contributed by atoms with Crippen LogP contribution in [-0.4, -0.2) is 28.7 Å². The fourth-order valence-electron chi connectivity index (χ4n) is 1.95. The molecular weight excluding hydrogens is 194 g/mol. The molecule has 0 unspecified atom stereocenters. The summed E-state index contributed by atoms with van der Waals surface area (Å²) in [6, 6.07) is 4.41. The molecule has 0 radical (unpaired) electrons. The number of hydrogen-bond donors (Lipinski definition) is 1. The third-order valence-electron chi connectivity index (χ3n) is 2.57. The zero-order valence-electron chi connectivity index (χ0n) is 8.79. The van der Waals surface area contributed by atoms with E-state index in [1.165, 1.54) is 9.75 Å². The summed E-state index contributed by atoms with van der Waals surface area (Å²) in [5.74, 6) is 0. The molecule has 1 aliphatic rings. The van der Waals surface area contributed by atoms with Crippen molar-refractivity contribution in [1.29, 1.82) is 0 Å². The average Bonchev–Trinajstić information content (AvgIpc) is 2.49. The van der Waals surface area contributed by atoms with Gasteiger partial charge in [-0.25, -0.2) is 0 Å². The molecule has 1 aromatic rings. The van der Waals surface area contributed by atoms with Crippen LogP contribution in [0.3, 0.4) is 0 Å². The molecule has 1 aliphatic heterocycles. The van der Waals surface area contributed by atoms with E-state index in [9.17, 15) is 5.11 Å². The molecule has 0 aromatic carbocycles. The number of thiophene rings is 1. The first kappa shape index (κ1) is 10.1. The first-order valence-electron chi connectivity index (χ1n) is 5.11. The van der Waals surface area contributed by atoms with Gasteiger partial charge in [-0.15, -0.1) is 11.3 Å². The third kappa shape index (κ3) is 2.16. The van der Waals surface area contributed by atoms with Gasteiger partial charge in [-0.05, 0) is 25.5 Å². The predicted octanol–water partition coefficient (Wildman–Crippen LogP) is 1.88. The minimum atomic E-state index is -0.440. The summed E-state index contributed by atoms with van der Waals surface area (Å²) in [4.78, 5) is 5.15. The van der Waals surface area contributed by atoms with Gasteiger partial charge in [0, 0.05) is 29.4 Å². The van der Waals surface area contributed by atoms with E-state index in [-0.39, 0.29) is 0 Å². The van der Waals surface area contributed by atoms with Crippen molar-refractivity contribution < 1.29 is 5.11 Å². The van der Waals surface area contributed by atoms with Crippen molar-refractivity contribution >= 4 is 11.3 Å². The SMILES string of the molecule is CCc1ccc(CN2CC(C)(O)C2)s1. The van der Waals surface area contributed by atoms with Crippen LogP contribution >= 0.6 is 11.3 Å². The number of aryl methyl sites for hydroxylation is 1. The van der Waals surface area contributed by atoms with Crippen molar-refractivity contribution in [3.63, 3.8) is 0 Å². The first-order chi connectivity index (χ1) is 6.59. The van der Waals surface area contributed by atoms with E-state index in [1.54, 1.807) is 0 Å². The number of likely N-dealkylation sites (tertiary alicyclic amines) is 1. The summed E-state index contributed by atoms with van der Waals surface area (Å²) < 4.78 is 0. The second-order valence-electron chi connectivity index (χ2n) is 4.36. The largest absolute Gasteiger partial charge is 0.388 e. The lowest BCUT2D eigenvalue weighted by atomic mass is 9.97. The van der Waals surface area contributed by atoms with Crippen molar-refractivity contribution in [2.45, 2.75) is 32.4 Å². The van der Waals surface area contributed by atoms with E-state index >= 15 is 0 Å². The fourth-order valence-corrected chi connectivity index (χ4v) is 2.95. The van der Waals surface area contributed by atoms with E-state index in [0.29, 0.717) is 0 Å². The summed E-state index contributed by atoms with van der Waals surface area (Å²) in [6.45, 7) is 6.71. The quantitative estimate of drug-likeness (QED) is 0.825. The van der Waals surface area contributed by atoms with Crippen LogP contribution in [0.1, 0.15) is 23.6 Å². The second kappa shape index (κ2) is 3.65. The van der Waals surface area contributed by atoms with Crippen molar-refractivity contribution in [2.75, 3.05) is 13.1 Å². The molecule has 0 bridgehead atoms. The molecule has 2 rings (SSSR count). The lowest BCUT2D eigenvalue weighted by Crippen LogP contribution is -2.59. The van der Waals surface area contributed by atoms with Crippen LogP contribution in [0.2, 0.25) is 0 Å². The van der Waals surface area contributed by atoms with Gasteiger partial charge < -0.3 is 5.11 Å². The lowest BCUT2D eigenvalue weighted by molar-refractivity contribution is -0.0867. The van der Waals surface area contributed by atoms with E-state index in [0.717, 1.165) is 26.1 Å². The number of aliphatic hydroxyl groups is 1. The third-order valence-corrected chi connectivity index (χ3v) is 3.79. The Kier molecular flexibility index (Phi) is 2.64. The van der Waals surface area contributed by atoms with Gasteiger partial charge in [0.25, 0.3) is 0 Å². The lowest BCUT2D eigenvalue weighted by Gasteiger charge is -2.44. The average molecular weight is 211 g/mol. The molecule has 3 heteroatoms. The fraction of sp³-hybridized carbons (Fsp3) is 0.636. The predicted molar refractivity (Wildman–Crippen MR) is 59.6 cm³/mol. The molecular formula is C11H17NOS. The maximum Gasteiger partial charge on any atom is 0.0872 e. The Morgan fingerprint density at radius 3 is 2.57 bits per heavy atom. The molecule has 0 spiro atoms. The van der Waals surface area contributed by atoms with Gasteiger partial charge in [0.2, 0.25) is 0 Å². The highest BCUT2D eigenvalue weighted by Gasteiger charge is 2.36. The van der Waals surface area contributed by atoms with Crippen molar-refractivity contribution in [1.82, 2.24) is 4.90 Å². The zero-order valence-corrected chi connectivity index (χ0v) is 9.60. The molecule has 0 atom stereocenters. The minimum Gasteiger partial charge on any atom is -0.388 e. The molecule has 2 heterocycles. The maximum atomic E-state index is 9.57. The van der Waals surface area contributed by atoms with Crippen molar-refractivity contribution in [3.8, 4) is 0 Å². The summed E-state index contributed by atoms with van der Waals surface area (Å²) in [7, 11) is 0. The van der Waals surface area contributed by atoms with Gasteiger partial charge in [0.05, 0.1) is 5.60 Å². The number of rotatable bonds is 3. The van der Waals surface area contributed by atoms with Crippen molar-refractivity contribution in [3.05, 3.63) is 21.9 Å². The Morgan fingerprint density at radius 1 is 1.43 bits per heavy atom. The normalized spacial score (nSPS) is 20.8. The Hall–Kier alpha value is -0.380. The molecule has 1 N–H and O–H groups in total. The van der Waals surface area contributed by atoms with Gasteiger partial charge in [0.1, 0.15) is 0 Å². The molecule has 14 heavy (non-hydrogen) atoms. The molecule has 2 nitrogen and oxygen atoms in total. The molecule has 0 aliphatic carbocycles. The summed E-state index contributed by atoms with van der Waals surface area (Å²) in [5, 5.41) is 9.57. The summed E-state index contributed by atoms with van der Waals surface area (Å²) in [6.07, 6.45) is 1.13. The van der Waals surface area contributed by atoms with E-state index in [4.69, 9.17) is 0 Å². The first-order valence-corrected chi connectivity index (χ1v) is 5.93. The number of β-amino-alcohol motifs (C(OH)–C–C–N with tert-alkyl or cyclic N) is 1. The zero-order chi connectivity index (χ0) is 10.2. The minimum absolute atomic E-state index is 0.440. The summed E-state index contributed by atoms with van der Waals surface area (Å²) in [5.41, 5.74) is -0.440. The van der Waals surface area contributed by atoms with Crippen molar-refractivity contribution in [2.24, 2.45) is 0 Å². The van der Waals surface area contributed by atoms with Crippen LogP contribution in [-0.2, 0) is 13.0 Å². The molecule has 1 aromatic heterocycles. The second-order valence-corrected chi connectivity index (χ2v) is 5.62. The highest BCUT2D eigenvalue weighted by Crippen LogP contribution is 2.25. The van der Waals surface area contributed by atoms with Crippen LogP contribution in [0.15, 0.2) is 12.1 Å². The van der Waals surface area contributed by atoms with Gasteiger partial charge in [-0.1, -0.05) is 6.92 Å². The van der Waals surface area contributed by atoms with E-state index in [2.05, 4.69) is 24.0 Å². The van der Waals surface area contributed by atoms with Crippen LogP contribution in [0.4, 0.5) is 0 Å². The maximum absolute atomic E-state index is 9.57. The molecule has 1 fully saturated rings. The number of nitrogens with zero attached hydrogens (tertiary/aromatic N) is 1. The molecule has 1 saturated heterocycles. The Balaban J connectivity index is 1.87. The molecule has 0 amide bonds. The highest BCUT2D eigenvalue weighted by molar-refractivity contribution is 7.11. The van der Waals surface area contributed by atoms with Gasteiger partial charge in [-0.2, -0.15) is 0 Å². The number of hydrogen-bond acceptors (Lipinski definition) is 3. The van der Waals surface area contributed by atoms with Gasteiger partial charge in [-0.3, -0.25) is 4.90 Å². The highest BCUT2D eigenvalue weighted by atomic mass is 32.1. The van der Waals surface area contributed by atoms with Crippen LogP contribution in [0.25, 0.3) is 0 Å². The molecule has 78 valence electrons. The summed E-state index contributed by atoms with van der Waals surface area (Å²) >= 11 is 1.89. The smallest absolute Gasteiger partial charge is 0.0872 e. The Labute approximate surface area is 89.2 Å². The Morgan fingerprint density at radius 2 is 2.07 bits per heavy atom. The van der Waals surface area contributed by atoms with Gasteiger partial charge in [0.15, 0.2) is 0 Å². The van der Waals surface area contributed by atoms with Crippen LogP contribution in [0, 0.1) is 0 Å². The topological polar surface area (TPSA) is 23.5 Å². The molecule has 0 saturated carbocycles. The van der Waals surface area contributed by atoms with Gasteiger partial charge >= 0.3 is 0 Å². The monoisotopic (exact) mass is 211 g/mol. The van der Waals surface area contributed by atoms with Crippen LogP contribution in [0.5, 0.6) is 0 Å². The Bertz CT molecular complexity index is 311. The van der Waals surface area contributed by atoms with Crippen LogP contribution < -0.4 is 0 Å². The van der Waals surface area contributed by atoms with E-state index < -0.39 is 5.60 Å². The standard InChI is InChI=1S/C11H17NOS/c1-3-9-4-5-10(14-9)6-12-7-11(2,13)8-12/h4-5,13H,3,6-8H2,1-2H3. The van der Waals surface area contributed by atoms with E-state index in [1.807, 2.05) is 18.3 Å².